The van der Waals surface area contributed by atoms with E-state index in [2.05, 4.69) is 47.3 Å². The standard InChI is InChI=1S/C27H23Cl3F2N8/c28-15-2-5-18-23(8-11-34-24(18)12-15)33-9-1-10-35-25-38-26(36-16-3-6-21(31)19(29)13-16)40-27(39-25)37-17-4-7-22(32)20(30)14-17/h2-8,11-14,18,24,33H,1,9-10H2,(H3,35,36,37,38,39,40). The van der Waals surface area contributed by atoms with E-state index in [4.69, 9.17) is 34.8 Å². The minimum absolute atomic E-state index is 0.00263. The Kier molecular flexibility index (Phi) is 8.78. The Morgan fingerprint density at radius 1 is 0.775 bits per heavy atom. The van der Waals surface area contributed by atoms with Gasteiger partial charge in [-0.1, -0.05) is 40.9 Å². The summed E-state index contributed by atoms with van der Waals surface area (Å²) in [5, 5.41) is 13.3. The van der Waals surface area contributed by atoms with Crippen LogP contribution >= 0.6 is 34.8 Å². The van der Waals surface area contributed by atoms with E-state index >= 15 is 0 Å². The molecule has 2 heterocycles. The van der Waals surface area contributed by atoms with Gasteiger partial charge in [-0.05, 0) is 61.0 Å². The SMILES string of the molecule is Fc1ccc(Nc2nc(NCCCNC3=CC=NC4C=C(Cl)C=CC34)nc(Nc3ccc(F)c(Cl)c3)n2)cc1Cl. The molecule has 1 aromatic heterocycles. The van der Waals surface area contributed by atoms with Gasteiger partial charge < -0.3 is 21.3 Å². The molecule has 0 saturated heterocycles. The summed E-state index contributed by atoms with van der Waals surface area (Å²) >= 11 is 17.9. The highest BCUT2D eigenvalue weighted by Crippen LogP contribution is 2.28. The number of hydrogen-bond acceptors (Lipinski definition) is 8. The number of aromatic nitrogens is 3. The van der Waals surface area contributed by atoms with E-state index in [-0.39, 0.29) is 33.9 Å². The van der Waals surface area contributed by atoms with Gasteiger partial charge in [0.1, 0.15) is 11.6 Å². The molecule has 5 rings (SSSR count). The van der Waals surface area contributed by atoms with Crippen molar-refractivity contribution in [2.75, 3.05) is 29.0 Å². The molecule has 8 nitrogen and oxygen atoms in total. The molecule has 4 N–H and O–H groups in total. The lowest BCUT2D eigenvalue weighted by Crippen LogP contribution is -2.31. The fraction of sp³-hybridized carbons (Fsp3) is 0.185. The first-order chi connectivity index (χ1) is 19.3. The van der Waals surface area contributed by atoms with Gasteiger partial charge in [-0.3, -0.25) is 4.99 Å². The molecule has 206 valence electrons. The number of anilines is 5. The van der Waals surface area contributed by atoms with Gasteiger partial charge in [0.05, 0.1) is 16.1 Å². The minimum Gasteiger partial charge on any atom is -0.388 e. The predicted molar refractivity (Wildman–Crippen MR) is 157 cm³/mol. The van der Waals surface area contributed by atoms with Crippen LogP contribution in [0.3, 0.4) is 0 Å². The van der Waals surface area contributed by atoms with Crippen molar-refractivity contribution in [2.45, 2.75) is 12.5 Å². The van der Waals surface area contributed by atoms with Gasteiger partial charge in [0, 0.05) is 47.3 Å². The van der Waals surface area contributed by atoms with Crippen molar-refractivity contribution >= 4 is 70.2 Å². The number of benzene rings is 2. The van der Waals surface area contributed by atoms with E-state index in [1.807, 2.05) is 18.2 Å². The number of aliphatic imine (C=N–C) groups is 1. The smallest absolute Gasteiger partial charge is 0.233 e. The summed E-state index contributed by atoms with van der Waals surface area (Å²) in [6.45, 7) is 1.25. The molecule has 2 atom stereocenters. The highest BCUT2D eigenvalue weighted by Gasteiger charge is 2.25. The van der Waals surface area contributed by atoms with Crippen molar-refractivity contribution in [1.29, 1.82) is 0 Å². The Balaban J connectivity index is 1.24. The number of nitrogens with one attached hydrogen (secondary N) is 4. The van der Waals surface area contributed by atoms with Crippen molar-refractivity contribution in [3.8, 4) is 0 Å². The Bertz CT molecular complexity index is 1450. The number of halogens is 5. The van der Waals surface area contributed by atoms with E-state index in [9.17, 15) is 8.78 Å². The minimum atomic E-state index is -0.541. The molecule has 13 heteroatoms. The zero-order valence-corrected chi connectivity index (χ0v) is 23.1. The molecule has 40 heavy (non-hydrogen) atoms. The fourth-order valence-corrected chi connectivity index (χ4v) is 4.62. The maximum atomic E-state index is 13.6. The third kappa shape index (κ3) is 7.07. The number of fused-ring (bicyclic) bond motifs is 1. The number of rotatable bonds is 10. The monoisotopic (exact) mass is 602 g/mol. The van der Waals surface area contributed by atoms with Crippen LogP contribution in [0.5, 0.6) is 0 Å². The number of hydrogen-bond donors (Lipinski definition) is 4. The lowest BCUT2D eigenvalue weighted by molar-refractivity contribution is 0.581. The van der Waals surface area contributed by atoms with Gasteiger partial charge in [-0.2, -0.15) is 15.0 Å². The Morgan fingerprint density at radius 3 is 2.00 bits per heavy atom. The van der Waals surface area contributed by atoms with Crippen LogP contribution in [-0.2, 0) is 0 Å². The van der Waals surface area contributed by atoms with Crippen LogP contribution in [0.15, 0.2) is 76.4 Å². The summed E-state index contributed by atoms with van der Waals surface area (Å²) < 4.78 is 27.2. The molecule has 2 aliphatic rings. The van der Waals surface area contributed by atoms with E-state index in [0.717, 1.165) is 12.1 Å². The summed E-state index contributed by atoms with van der Waals surface area (Å²) in [7, 11) is 0. The highest BCUT2D eigenvalue weighted by atomic mass is 35.5. The molecule has 3 aromatic rings. The molecule has 2 unspecified atom stereocenters. The Hall–Kier alpha value is -3.73. The van der Waals surface area contributed by atoms with Crippen LogP contribution in [0.4, 0.5) is 38.0 Å². The third-order valence-electron chi connectivity index (χ3n) is 5.98. The van der Waals surface area contributed by atoms with Gasteiger partial charge in [-0.15, -0.1) is 0 Å². The largest absolute Gasteiger partial charge is 0.388 e. The second-order valence-corrected chi connectivity index (χ2v) is 10.1. The van der Waals surface area contributed by atoms with Crippen LogP contribution in [0.25, 0.3) is 0 Å². The number of nitrogens with zero attached hydrogens (tertiary/aromatic N) is 4. The van der Waals surface area contributed by atoms with Gasteiger partial charge >= 0.3 is 0 Å². The molecule has 1 aliphatic carbocycles. The number of allylic oxidation sites excluding steroid dienone is 3. The van der Waals surface area contributed by atoms with Crippen molar-refractivity contribution in [3.05, 3.63) is 93.1 Å². The first kappa shape index (κ1) is 27.8. The van der Waals surface area contributed by atoms with Gasteiger partial charge in [0.2, 0.25) is 17.8 Å². The summed E-state index contributed by atoms with van der Waals surface area (Å²) in [6.07, 6.45) is 10.4. The van der Waals surface area contributed by atoms with Gasteiger partial charge in [0.25, 0.3) is 0 Å². The normalized spacial score (nSPS) is 17.5. The van der Waals surface area contributed by atoms with Crippen molar-refractivity contribution in [1.82, 2.24) is 20.3 Å². The average molecular weight is 604 g/mol. The van der Waals surface area contributed by atoms with Crippen LogP contribution in [0, 0.1) is 17.6 Å². The van der Waals surface area contributed by atoms with Gasteiger partial charge in [0.15, 0.2) is 0 Å². The molecule has 0 saturated carbocycles. The van der Waals surface area contributed by atoms with E-state index < -0.39 is 11.6 Å². The molecular weight excluding hydrogens is 581 g/mol. The lowest BCUT2D eigenvalue weighted by atomic mass is 9.90. The van der Waals surface area contributed by atoms with E-state index in [1.54, 1.807) is 6.21 Å². The van der Waals surface area contributed by atoms with Crippen LogP contribution in [0.1, 0.15) is 6.42 Å². The van der Waals surface area contributed by atoms with Crippen molar-refractivity contribution in [3.63, 3.8) is 0 Å². The molecule has 0 fully saturated rings. The average Bonchev–Trinajstić information content (AvgIpc) is 2.92. The fourth-order valence-electron chi connectivity index (χ4n) is 4.06. The summed E-state index contributed by atoms with van der Waals surface area (Å²) in [6, 6.07) is 8.34. The summed E-state index contributed by atoms with van der Waals surface area (Å²) in [5.41, 5.74) is 2.05. The lowest BCUT2D eigenvalue weighted by Gasteiger charge is -2.27. The molecule has 0 amide bonds. The Labute approximate surface area is 244 Å². The van der Waals surface area contributed by atoms with Crippen LogP contribution in [0.2, 0.25) is 10.0 Å². The molecule has 0 spiro atoms. The first-order valence-electron chi connectivity index (χ1n) is 12.3. The predicted octanol–water partition coefficient (Wildman–Crippen LogP) is 6.98. The van der Waals surface area contributed by atoms with E-state index in [0.29, 0.717) is 35.4 Å². The Morgan fingerprint density at radius 2 is 1.38 bits per heavy atom. The van der Waals surface area contributed by atoms with Crippen molar-refractivity contribution in [2.24, 2.45) is 10.9 Å². The first-order valence-corrected chi connectivity index (χ1v) is 13.4. The molecule has 0 radical (unpaired) electrons. The third-order valence-corrected chi connectivity index (χ3v) is 6.82. The molecule has 0 bridgehead atoms. The highest BCUT2D eigenvalue weighted by molar-refractivity contribution is 6.31. The van der Waals surface area contributed by atoms with Crippen molar-refractivity contribution < 1.29 is 8.78 Å². The summed E-state index contributed by atoms with van der Waals surface area (Å²) in [4.78, 5) is 17.7. The maximum absolute atomic E-state index is 13.6. The summed E-state index contributed by atoms with van der Waals surface area (Å²) in [5.74, 6) is -0.293. The second-order valence-electron chi connectivity index (χ2n) is 8.87. The molecular formula is C27H23Cl3F2N8. The quantitative estimate of drug-likeness (QED) is 0.186. The van der Waals surface area contributed by atoms with Gasteiger partial charge in [-0.25, -0.2) is 8.78 Å². The molecule has 1 aliphatic heterocycles. The zero-order chi connectivity index (χ0) is 28.1. The maximum Gasteiger partial charge on any atom is 0.233 e. The van der Waals surface area contributed by atoms with E-state index in [1.165, 1.54) is 36.4 Å². The topological polar surface area (TPSA) is 99.2 Å². The van der Waals surface area contributed by atoms with Crippen LogP contribution in [-0.4, -0.2) is 40.3 Å². The second kappa shape index (κ2) is 12.6. The van der Waals surface area contributed by atoms with Crippen LogP contribution < -0.4 is 21.3 Å². The number of dihydropyridines is 1. The molecule has 2 aromatic carbocycles. The zero-order valence-electron chi connectivity index (χ0n) is 20.8.